The van der Waals surface area contributed by atoms with Gasteiger partial charge in [0.1, 0.15) is 5.82 Å². The van der Waals surface area contributed by atoms with E-state index in [-0.39, 0.29) is 5.91 Å². The number of carbonyl (C=O) groups excluding carboxylic acids is 1. The van der Waals surface area contributed by atoms with Crippen LogP contribution in [0.15, 0.2) is 42.7 Å². The number of aromatic amines is 1. The van der Waals surface area contributed by atoms with Gasteiger partial charge in [0.05, 0.1) is 12.6 Å². The van der Waals surface area contributed by atoms with Crippen molar-refractivity contribution in [2.75, 3.05) is 0 Å². The minimum Gasteiger partial charge on any atom is -0.348 e. The Labute approximate surface area is 112 Å². The molecule has 1 amide bonds. The molecule has 1 aromatic carbocycles. The Morgan fingerprint density at radius 2 is 2.16 bits per heavy atom. The van der Waals surface area contributed by atoms with Crippen LogP contribution in [0.5, 0.6) is 0 Å². The molecule has 2 rings (SSSR count). The van der Waals surface area contributed by atoms with E-state index in [1.54, 1.807) is 12.4 Å². The van der Waals surface area contributed by atoms with Crippen molar-refractivity contribution in [1.29, 1.82) is 0 Å². The normalized spacial score (nSPS) is 12.1. The number of rotatable bonds is 6. The summed E-state index contributed by atoms with van der Waals surface area (Å²) >= 11 is 0. The van der Waals surface area contributed by atoms with E-state index in [1.807, 2.05) is 30.3 Å². The fraction of sp³-hybridized carbons (Fsp3) is 0.286. The average molecular weight is 258 g/mol. The SMILES string of the molecule is NC(CCc1ccccc1)C(=O)NCc1ncc[nH]1. The molecule has 0 bridgehead atoms. The molecule has 0 radical (unpaired) electrons. The smallest absolute Gasteiger partial charge is 0.237 e. The van der Waals surface area contributed by atoms with Crippen LogP contribution in [0.25, 0.3) is 0 Å². The van der Waals surface area contributed by atoms with Crippen LogP contribution in [-0.4, -0.2) is 21.9 Å². The zero-order valence-corrected chi connectivity index (χ0v) is 10.7. The van der Waals surface area contributed by atoms with E-state index in [1.165, 1.54) is 5.56 Å². The molecular weight excluding hydrogens is 240 g/mol. The second-order valence-electron chi connectivity index (χ2n) is 4.38. The minimum atomic E-state index is -0.491. The Bertz CT molecular complexity index is 495. The van der Waals surface area contributed by atoms with Gasteiger partial charge >= 0.3 is 0 Å². The van der Waals surface area contributed by atoms with Gasteiger partial charge in [-0.1, -0.05) is 30.3 Å². The monoisotopic (exact) mass is 258 g/mol. The van der Waals surface area contributed by atoms with Crippen molar-refractivity contribution in [3.05, 3.63) is 54.1 Å². The van der Waals surface area contributed by atoms with Crippen LogP contribution >= 0.6 is 0 Å². The third kappa shape index (κ3) is 4.22. The summed E-state index contributed by atoms with van der Waals surface area (Å²) in [4.78, 5) is 18.7. The highest BCUT2D eigenvalue weighted by Gasteiger charge is 2.13. The van der Waals surface area contributed by atoms with Crippen molar-refractivity contribution in [2.24, 2.45) is 5.73 Å². The number of H-pyrrole nitrogens is 1. The number of nitrogens with one attached hydrogen (secondary N) is 2. The van der Waals surface area contributed by atoms with Crippen LogP contribution in [0.2, 0.25) is 0 Å². The molecule has 1 unspecified atom stereocenters. The van der Waals surface area contributed by atoms with Gasteiger partial charge in [-0.05, 0) is 18.4 Å². The molecule has 1 atom stereocenters. The van der Waals surface area contributed by atoms with E-state index in [2.05, 4.69) is 15.3 Å². The molecule has 2 aromatic rings. The van der Waals surface area contributed by atoms with Crippen molar-refractivity contribution >= 4 is 5.91 Å². The molecule has 1 heterocycles. The Morgan fingerprint density at radius 3 is 2.84 bits per heavy atom. The first-order valence-corrected chi connectivity index (χ1v) is 6.31. The number of hydrogen-bond donors (Lipinski definition) is 3. The number of benzene rings is 1. The van der Waals surface area contributed by atoms with Gasteiger partial charge < -0.3 is 16.0 Å². The maximum atomic E-state index is 11.8. The van der Waals surface area contributed by atoms with Crippen LogP contribution in [0, 0.1) is 0 Å². The van der Waals surface area contributed by atoms with Gasteiger partial charge in [-0.2, -0.15) is 0 Å². The zero-order chi connectivity index (χ0) is 13.5. The Morgan fingerprint density at radius 1 is 1.37 bits per heavy atom. The van der Waals surface area contributed by atoms with Gasteiger partial charge in [0, 0.05) is 12.4 Å². The summed E-state index contributed by atoms with van der Waals surface area (Å²) in [6.07, 6.45) is 4.80. The lowest BCUT2D eigenvalue weighted by molar-refractivity contribution is -0.122. The molecule has 5 nitrogen and oxygen atoms in total. The van der Waals surface area contributed by atoms with Gasteiger partial charge in [0.15, 0.2) is 0 Å². The van der Waals surface area contributed by atoms with Crippen LogP contribution < -0.4 is 11.1 Å². The van der Waals surface area contributed by atoms with E-state index in [0.717, 1.165) is 12.2 Å². The molecule has 0 aliphatic carbocycles. The third-order valence-electron chi connectivity index (χ3n) is 2.91. The molecule has 19 heavy (non-hydrogen) atoms. The average Bonchev–Trinajstić information content (AvgIpc) is 2.96. The molecule has 1 aromatic heterocycles. The van der Waals surface area contributed by atoms with Crippen LogP contribution in [0.1, 0.15) is 17.8 Å². The van der Waals surface area contributed by atoms with E-state index in [9.17, 15) is 4.79 Å². The molecule has 5 heteroatoms. The maximum Gasteiger partial charge on any atom is 0.237 e. The third-order valence-corrected chi connectivity index (χ3v) is 2.91. The summed E-state index contributed by atoms with van der Waals surface area (Å²) in [5.41, 5.74) is 7.05. The molecule has 0 fully saturated rings. The van der Waals surface area contributed by atoms with E-state index < -0.39 is 6.04 Å². The first kappa shape index (κ1) is 13.3. The fourth-order valence-electron chi connectivity index (χ4n) is 1.79. The number of hydrogen-bond acceptors (Lipinski definition) is 3. The Kier molecular flexibility index (Phi) is 4.69. The highest BCUT2D eigenvalue weighted by molar-refractivity contribution is 5.81. The summed E-state index contributed by atoms with van der Waals surface area (Å²) < 4.78 is 0. The highest BCUT2D eigenvalue weighted by Crippen LogP contribution is 2.04. The Hall–Kier alpha value is -2.14. The number of aromatic nitrogens is 2. The number of imidazole rings is 1. The predicted octanol–water partition coefficient (Wildman–Crippen LogP) is 0.986. The molecular formula is C14H18N4O. The van der Waals surface area contributed by atoms with Gasteiger partial charge in [0.25, 0.3) is 0 Å². The molecule has 4 N–H and O–H groups in total. The first-order valence-electron chi connectivity index (χ1n) is 6.31. The van der Waals surface area contributed by atoms with E-state index >= 15 is 0 Å². The van der Waals surface area contributed by atoms with Crippen molar-refractivity contribution in [2.45, 2.75) is 25.4 Å². The lowest BCUT2D eigenvalue weighted by Crippen LogP contribution is -2.40. The van der Waals surface area contributed by atoms with Crippen molar-refractivity contribution in [3.8, 4) is 0 Å². The zero-order valence-electron chi connectivity index (χ0n) is 10.7. The molecule has 0 aliphatic rings. The fourth-order valence-corrected chi connectivity index (χ4v) is 1.79. The summed E-state index contributed by atoms with van der Waals surface area (Å²) in [5.74, 6) is 0.580. The van der Waals surface area contributed by atoms with E-state index in [4.69, 9.17) is 5.73 Å². The first-order chi connectivity index (χ1) is 9.25. The lowest BCUT2D eigenvalue weighted by atomic mass is 10.1. The quantitative estimate of drug-likeness (QED) is 0.722. The standard InChI is InChI=1S/C14H18N4O/c15-12(7-6-11-4-2-1-3-5-11)14(19)18-10-13-16-8-9-17-13/h1-5,8-9,12H,6-7,10,15H2,(H,16,17)(H,18,19). The number of carbonyl (C=O) groups is 1. The van der Waals surface area contributed by atoms with Crippen LogP contribution in [0.4, 0.5) is 0 Å². The maximum absolute atomic E-state index is 11.8. The number of amides is 1. The topological polar surface area (TPSA) is 83.8 Å². The molecule has 0 spiro atoms. The van der Waals surface area contributed by atoms with Gasteiger partial charge in [-0.15, -0.1) is 0 Å². The summed E-state index contributed by atoms with van der Waals surface area (Å²) in [7, 11) is 0. The minimum absolute atomic E-state index is 0.146. The van der Waals surface area contributed by atoms with Gasteiger partial charge in [-0.25, -0.2) is 4.98 Å². The second-order valence-corrected chi connectivity index (χ2v) is 4.38. The number of nitrogens with zero attached hydrogens (tertiary/aromatic N) is 1. The predicted molar refractivity (Wildman–Crippen MR) is 73.2 cm³/mol. The molecule has 0 aliphatic heterocycles. The van der Waals surface area contributed by atoms with Crippen LogP contribution in [0.3, 0.4) is 0 Å². The molecule has 0 saturated heterocycles. The second kappa shape index (κ2) is 6.70. The molecule has 0 saturated carbocycles. The summed E-state index contributed by atoms with van der Waals surface area (Å²) in [5, 5.41) is 2.76. The molecule has 100 valence electrons. The van der Waals surface area contributed by atoms with Crippen LogP contribution in [-0.2, 0) is 17.8 Å². The van der Waals surface area contributed by atoms with Gasteiger partial charge in [-0.3, -0.25) is 4.79 Å². The van der Waals surface area contributed by atoms with Gasteiger partial charge in [0.2, 0.25) is 5.91 Å². The summed E-state index contributed by atoms with van der Waals surface area (Å²) in [6.45, 7) is 0.380. The number of aryl methyl sites for hydroxylation is 1. The highest BCUT2D eigenvalue weighted by atomic mass is 16.2. The largest absolute Gasteiger partial charge is 0.348 e. The van der Waals surface area contributed by atoms with Crippen molar-refractivity contribution in [1.82, 2.24) is 15.3 Å². The van der Waals surface area contributed by atoms with E-state index in [0.29, 0.717) is 13.0 Å². The summed E-state index contributed by atoms with van der Waals surface area (Å²) in [6, 6.07) is 9.52. The Balaban J connectivity index is 1.73. The lowest BCUT2D eigenvalue weighted by Gasteiger charge is -2.11. The van der Waals surface area contributed by atoms with Crippen molar-refractivity contribution in [3.63, 3.8) is 0 Å². The van der Waals surface area contributed by atoms with Crippen molar-refractivity contribution < 1.29 is 4.79 Å². The number of nitrogens with two attached hydrogens (primary N) is 1.